The number of halogens is 3. The van der Waals surface area contributed by atoms with Gasteiger partial charge in [0.1, 0.15) is 11.6 Å². The molecular formula is C30H25Cl2FN2O7. The van der Waals surface area contributed by atoms with Gasteiger partial charge in [-0.3, -0.25) is 28.9 Å². The van der Waals surface area contributed by atoms with Crippen LogP contribution in [0.1, 0.15) is 37.2 Å². The number of rotatable bonds is 6. The number of aromatic hydroxyl groups is 1. The van der Waals surface area contributed by atoms with Gasteiger partial charge in [0, 0.05) is 24.4 Å². The Morgan fingerprint density at radius 3 is 2.33 bits per heavy atom. The number of carbonyl (C=O) groups is 5. The van der Waals surface area contributed by atoms with E-state index in [-0.39, 0.29) is 49.2 Å². The standard InChI is InChI=1S/C30H25Cl2FN2O7/c31-29-14-20-17(11-12-19-23(20)26(40)34(25(19)39)13-3-6-22(37)38)24(18-4-1-2-5-21(18)36)30(29,32)28(42)35(27(29)41)16-9-7-15(33)8-10-16/h1-2,4-5,7-11,19-20,23-24,36H,3,6,12-14H2,(H,37,38). The summed E-state index contributed by atoms with van der Waals surface area (Å²) in [6.45, 7) is -0.0663. The molecule has 4 amide bonds. The van der Waals surface area contributed by atoms with E-state index in [0.29, 0.717) is 5.57 Å². The predicted molar refractivity (Wildman–Crippen MR) is 148 cm³/mol. The average Bonchev–Trinajstić information content (AvgIpc) is 3.28. The first kappa shape index (κ1) is 28.4. The lowest BCUT2D eigenvalue weighted by Crippen LogP contribution is -2.60. The van der Waals surface area contributed by atoms with Gasteiger partial charge in [0.25, 0.3) is 11.8 Å². The molecule has 0 radical (unpaired) electrons. The number of carbonyl (C=O) groups excluding carboxylic acids is 4. The number of benzene rings is 2. The molecule has 4 aliphatic rings. The van der Waals surface area contributed by atoms with Crippen molar-refractivity contribution in [3.8, 4) is 5.75 Å². The quantitative estimate of drug-likeness (QED) is 0.286. The molecule has 2 aliphatic heterocycles. The molecule has 42 heavy (non-hydrogen) atoms. The summed E-state index contributed by atoms with van der Waals surface area (Å²) in [4.78, 5) is 64.1. The van der Waals surface area contributed by atoms with Gasteiger partial charge >= 0.3 is 5.97 Å². The number of amides is 4. The minimum Gasteiger partial charge on any atom is -0.508 e. The van der Waals surface area contributed by atoms with Gasteiger partial charge in [-0.15, -0.1) is 23.2 Å². The molecule has 2 aromatic carbocycles. The molecule has 2 heterocycles. The first-order valence-electron chi connectivity index (χ1n) is 13.5. The summed E-state index contributed by atoms with van der Waals surface area (Å²) < 4.78 is 13.7. The second kappa shape index (κ2) is 9.91. The smallest absolute Gasteiger partial charge is 0.303 e. The second-order valence-corrected chi connectivity index (χ2v) is 12.4. The highest BCUT2D eigenvalue weighted by Gasteiger charge is 2.76. The number of likely N-dealkylation sites (tertiary alicyclic amines) is 1. The van der Waals surface area contributed by atoms with Gasteiger partial charge in [0.2, 0.25) is 11.8 Å². The van der Waals surface area contributed by atoms with Crippen molar-refractivity contribution in [1.29, 1.82) is 0 Å². The number of imide groups is 2. The van der Waals surface area contributed by atoms with Crippen molar-refractivity contribution < 1.29 is 38.6 Å². The van der Waals surface area contributed by atoms with E-state index in [1.165, 1.54) is 18.2 Å². The molecule has 0 spiro atoms. The number of phenolic OH excluding ortho intramolecular Hbond substituents is 1. The van der Waals surface area contributed by atoms with Crippen LogP contribution >= 0.6 is 23.2 Å². The molecule has 2 aliphatic carbocycles. The van der Waals surface area contributed by atoms with E-state index in [1.807, 2.05) is 0 Å². The fourth-order valence-corrected chi connectivity index (χ4v) is 8.08. The Bertz CT molecular complexity index is 1580. The number of para-hydroxylation sites is 1. The Morgan fingerprint density at radius 1 is 0.976 bits per heavy atom. The van der Waals surface area contributed by atoms with Crippen LogP contribution in [-0.4, -0.2) is 61.0 Å². The Morgan fingerprint density at radius 2 is 1.67 bits per heavy atom. The normalized spacial score (nSPS) is 32.0. The molecular weight excluding hydrogens is 590 g/mol. The maximum atomic E-state index is 14.2. The monoisotopic (exact) mass is 614 g/mol. The molecule has 6 rings (SSSR count). The van der Waals surface area contributed by atoms with E-state index < -0.39 is 68.8 Å². The third kappa shape index (κ3) is 3.84. The highest BCUT2D eigenvalue weighted by molar-refractivity contribution is 6.58. The summed E-state index contributed by atoms with van der Waals surface area (Å²) in [5.41, 5.74) is 0.798. The number of fused-ring (bicyclic) bond motifs is 4. The highest BCUT2D eigenvalue weighted by Crippen LogP contribution is 2.66. The van der Waals surface area contributed by atoms with Gasteiger partial charge in [-0.05, 0) is 55.5 Å². The number of anilines is 1. The Labute approximate surface area is 249 Å². The molecule has 12 heteroatoms. The number of hydrogen-bond acceptors (Lipinski definition) is 6. The second-order valence-electron chi connectivity index (χ2n) is 11.1. The predicted octanol–water partition coefficient (Wildman–Crippen LogP) is 3.96. The third-order valence-corrected chi connectivity index (χ3v) is 10.4. The Hall–Kier alpha value is -3.76. The number of aliphatic carboxylic acids is 1. The molecule has 6 atom stereocenters. The van der Waals surface area contributed by atoms with Crippen molar-refractivity contribution in [2.75, 3.05) is 11.4 Å². The minimum atomic E-state index is -2.14. The van der Waals surface area contributed by atoms with E-state index in [9.17, 15) is 33.5 Å². The van der Waals surface area contributed by atoms with Crippen molar-refractivity contribution in [2.45, 2.75) is 41.3 Å². The summed E-state index contributed by atoms with van der Waals surface area (Å²) in [5, 5.41) is 20.0. The van der Waals surface area contributed by atoms with E-state index in [1.54, 1.807) is 24.3 Å². The number of alkyl halides is 2. The lowest BCUT2D eigenvalue weighted by Gasteiger charge is -2.50. The fourth-order valence-electron chi connectivity index (χ4n) is 7.15. The molecule has 1 saturated carbocycles. The van der Waals surface area contributed by atoms with Crippen LogP contribution in [0.3, 0.4) is 0 Å². The number of nitrogens with zero attached hydrogens (tertiary/aromatic N) is 2. The zero-order valence-electron chi connectivity index (χ0n) is 22.0. The van der Waals surface area contributed by atoms with Gasteiger partial charge < -0.3 is 10.2 Å². The van der Waals surface area contributed by atoms with E-state index in [0.717, 1.165) is 21.9 Å². The van der Waals surface area contributed by atoms with Crippen molar-refractivity contribution in [3.63, 3.8) is 0 Å². The van der Waals surface area contributed by atoms with E-state index >= 15 is 0 Å². The molecule has 218 valence electrons. The minimum absolute atomic E-state index is 0.0587. The van der Waals surface area contributed by atoms with Crippen LogP contribution in [0.25, 0.3) is 0 Å². The van der Waals surface area contributed by atoms with Crippen molar-refractivity contribution >= 4 is 58.5 Å². The zero-order valence-corrected chi connectivity index (χ0v) is 23.5. The summed E-state index contributed by atoms with van der Waals surface area (Å²) in [5.74, 6) is -8.09. The van der Waals surface area contributed by atoms with Crippen LogP contribution in [0.2, 0.25) is 0 Å². The van der Waals surface area contributed by atoms with Crippen LogP contribution < -0.4 is 4.90 Å². The molecule has 9 nitrogen and oxygen atoms in total. The van der Waals surface area contributed by atoms with Gasteiger partial charge in [-0.2, -0.15) is 0 Å². The topological polar surface area (TPSA) is 132 Å². The molecule has 0 bridgehead atoms. The van der Waals surface area contributed by atoms with Crippen molar-refractivity contribution in [1.82, 2.24) is 4.90 Å². The first-order chi connectivity index (χ1) is 19.9. The summed E-state index contributed by atoms with van der Waals surface area (Å²) in [6.07, 6.45) is 1.51. The van der Waals surface area contributed by atoms with Gasteiger partial charge in [-0.1, -0.05) is 29.8 Å². The SMILES string of the molecule is O=C(O)CCCN1C(=O)C2CC=C3C(CC4(Cl)C(=O)N(c5ccc(F)cc5)C(=O)C4(Cl)C3c3ccccc3O)C2C1=O. The Kier molecular flexibility index (Phi) is 6.69. The van der Waals surface area contributed by atoms with Crippen LogP contribution in [0.5, 0.6) is 5.75 Å². The first-order valence-corrected chi connectivity index (χ1v) is 14.2. The third-order valence-electron chi connectivity index (χ3n) is 9.01. The lowest BCUT2D eigenvalue weighted by atomic mass is 9.56. The zero-order chi connectivity index (χ0) is 30.1. The number of phenols is 1. The maximum absolute atomic E-state index is 14.2. The number of carboxylic acid groups (broad SMARTS) is 1. The molecule has 2 saturated heterocycles. The van der Waals surface area contributed by atoms with Crippen molar-refractivity contribution in [2.24, 2.45) is 17.8 Å². The van der Waals surface area contributed by atoms with Gasteiger partial charge in [0.15, 0.2) is 9.75 Å². The van der Waals surface area contributed by atoms with Crippen LogP contribution in [0.4, 0.5) is 10.1 Å². The molecule has 3 fully saturated rings. The van der Waals surface area contributed by atoms with E-state index in [4.69, 9.17) is 28.3 Å². The molecule has 2 aromatic rings. The van der Waals surface area contributed by atoms with Gasteiger partial charge in [0.05, 0.1) is 17.5 Å². The van der Waals surface area contributed by atoms with Crippen LogP contribution in [-0.2, 0) is 24.0 Å². The summed E-state index contributed by atoms with van der Waals surface area (Å²) in [7, 11) is 0. The summed E-state index contributed by atoms with van der Waals surface area (Å²) in [6, 6.07) is 10.9. The molecule has 6 unspecified atom stereocenters. The van der Waals surface area contributed by atoms with Crippen molar-refractivity contribution in [3.05, 3.63) is 71.6 Å². The lowest BCUT2D eigenvalue weighted by molar-refractivity contribution is -0.142. The maximum Gasteiger partial charge on any atom is 0.303 e. The highest BCUT2D eigenvalue weighted by atomic mass is 35.5. The summed E-state index contributed by atoms with van der Waals surface area (Å²) >= 11 is 14.5. The van der Waals surface area contributed by atoms with Crippen LogP contribution in [0, 0.1) is 23.6 Å². The van der Waals surface area contributed by atoms with Gasteiger partial charge in [-0.25, -0.2) is 9.29 Å². The Balaban J connectivity index is 1.48. The molecule has 2 N–H and O–H groups in total. The van der Waals surface area contributed by atoms with E-state index in [2.05, 4.69) is 0 Å². The number of allylic oxidation sites excluding steroid dienone is 2. The van der Waals surface area contributed by atoms with Crippen LogP contribution in [0.15, 0.2) is 60.2 Å². The molecule has 0 aromatic heterocycles. The largest absolute Gasteiger partial charge is 0.508 e. The fraction of sp³-hybridized carbons (Fsp3) is 0.367. The average molecular weight is 615 g/mol. The number of hydrogen-bond donors (Lipinski definition) is 2. The number of carboxylic acids is 1.